The number of fused-ring (bicyclic) bond motifs is 1. The predicted molar refractivity (Wildman–Crippen MR) is 115 cm³/mol. The van der Waals surface area contributed by atoms with Gasteiger partial charge < -0.3 is 5.32 Å². The summed E-state index contributed by atoms with van der Waals surface area (Å²) in [5.41, 5.74) is 4.30. The topological polar surface area (TPSA) is 42.0 Å². The Morgan fingerprint density at radius 1 is 0.786 bits per heavy atom. The lowest BCUT2D eigenvalue weighted by molar-refractivity contribution is 0.0986. The lowest BCUT2D eigenvalue weighted by Crippen LogP contribution is -2.09. The van der Waals surface area contributed by atoms with Gasteiger partial charge in [0.1, 0.15) is 0 Å². The van der Waals surface area contributed by atoms with E-state index in [4.69, 9.17) is 0 Å². The molecule has 0 saturated carbocycles. The number of carbonyl (C=O) groups is 1. The van der Waals surface area contributed by atoms with Gasteiger partial charge >= 0.3 is 0 Å². The Labute approximate surface area is 165 Å². The van der Waals surface area contributed by atoms with Gasteiger partial charge in [0.15, 0.2) is 5.78 Å². The number of pyridine rings is 1. The summed E-state index contributed by atoms with van der Waals surface area (Å²) in [5, 5.41) is 5.60. The molecule has 0 spiro atoms. The van der Waals surface area contributed by atoms with E-state index < -0.39 is 0 Å². The van der Waals surface area contributed by atoms with Crippen molar-refractivity contribution in [2.75, 3.05) is 11.9 Å². The fourth-order valence-electron chi connectivity index (χ4n) is 3.30. The number of Topliss-reactive ketones (excluding diaryl/α,β-unsaturated/α-hetero) is 1. The Bertz CT molecular complexity index is 1070. The minimum atomic E-state index is 0.160. The first-order valence-corrected chi connectivity index (χ1v) is 9.52. The summed E-state index contributed by atoms with van der Waals surface area (Å²) in [4.78, 5) is 16.5. The van der Waals surface area contributed by atoms with Crippen molar-refractivity contribution in [1.29, 1.82) is 0 Å². The highest BCUT2D eigenvalue weighted by Gasteiger charge is 2.06. The van der Waals surface area contributed by atoms with E-state index in [1.54, 1.807) is 0 Å². The second kappa shape index (κ2) is 8.49. The Hall–Kier alpha value is -3.46. The van der Waals surface area contributed by atoms with Gasteiger partial charge in [0, 0.05) is 36.6 Å². The normalized spacial score (nSPS) is 10.7. The smallest absolute Gasteiger partial charge is 0.164 e. The van der Waals surface area contributed by atoms with Crippen LogP contribution in [0.25, 0.3) is 10.8 Å². The monoisotopic (exact) mass is 366 g/mol. The zero-order chi connectivity index (χ0) is 19.2. The lowest BCUT2D eigenvalue weighted by Gasteiger charge is -2.08. The first kappa shape index (κ1) is 17.9. The summed E-state index contributed by atoms with van der Waals surface area (Å²) in [6.07, 6.45) is 5.00. The van der Waals surface area contributed by atoms with Crippen LogP contribution in [0.4, 0.5) is 5.69 Å². The van der Waals surface area contributed by atoms with Gasteiger partial charge in [-0.1, -0.05) is 48.5 Å². The Kier molecular flexibility index (Phi) is 5.43. The van der Waals surface area contributed by atoms with Crippen LogP contribution in [0.5, 0.6) is 0 Å². The Morgan fingerprint density at radius 2 is 1.50 bits per heavy atom. The van der Waals surface area contributed by atoms with Crippen molar-refractivity contribution < 1.29 is 4.79 Å². The van der Waals surface area contributed by atoms with Crippen LogP contribution < -0.4 is 5.32 Å². The number of carbonyl (C=O) groups excluding carboxylic acids is 1. The van der Waals surface area contributed by atoms with Gasteiger partial charge in [-0.15, -0.1) is 0 Å². The number of anilines is 1. The van der Waals surface area contributed by atoms with Gasteiger partial charge in [-0.25, -0.2) is 0 Å². The molecule has 0 bridgehead atoms. The molecule has 138 valence electrons. The molecule has 4 aromatic rings. The Morgan fingerprint density at radius 3 is 2.29 bits per heavy atom. The van der Waals surface area contributed by atoms with E-state index in [2.05, 4.69) is 40.6 Å². The van der Waals surface area contributed by atoms with Gasteiger partial charge in [0.2, 0.25) is 0 Å². The second-order valence-corrected chi connectivity index (χ2v) is 6.89. The zero-order valence-corrected chi connectivity index (χ0v) is 15.6. The summed E-state index contributed by atoms with van der Waals surface area (Å²) in [5.74, 6) is 0.160. The molecule has 0 amide bonds. The molecule has 3 nitrogen and oxygen atoms in total. The molecule has 28 heavy (non-hydrogen) atoms. The van der Waals surface area contributed by atoms with E-state index in [1.807, 2.05) is 60.9 Å². The van der Waals surface area contributed by atoms with Crippen LogP contribution in [0, 0.1) is 0 Å². The molecule has 1 heterocycles. The first-order chi connectivity index (χ1) is 13.8. The molecule has 0 saturated heterocycles. The molecule has 1 aromatic heterocycles. The summed E-state index contributed by atoms with van der Waals surface area (Å²) in [7, 11) is 0. The number of nitrogens with one attached hydrogen (secondary N) is 1. The van der Waals surface area contributed by atoms with Crippen molar-refractivity contribution in [2.45, 2.75) is 12.8 Å². The summed E-state index contributed by atoms with van der Waals surface area (Å²) in [6.45, 7) is 0.620. The fraction of sp³-hybridized carbons (Fsp3) is 0.120. The molecule has 3 aromatic carbocycles. The SMILES string of the molecule is O=C(CCNc1ccc(Cc2ccncc2)cc1)c1ccc2ccccc2c1. The second-order valence-electron chi connectivity index (χ2n) is 6.89. The van der Waals surface area contributed by atoms with Crippen LogP contribution in [0.1, 0.15) is 27.9 Å². The van der Waals surface area contributed by atoms with Gasteiger partial charge in [0.05, 0.1) is 0 Å². The molecule has 0 aliphatic rings. The van der Waals surface area contributed by atoms with E-state index in [9.17, 15) is 4.79 Å². The number of aromatic nitrogens is 1. The number of hydrogen-bond acceptors (Lipinski definition) is 3. The van der Waals surface area contributed by atoms with E-state index in [1.165, 1.54) is 11.1 Å². The number of ketones is 1. The van der Waals surface area contributed by atoms with Crippen LogP contribution in [0.3, 0.4) is 0 Å². The summed E-state index contributed by atoms with van der Waals surface area (Å²) >= 11 is 0. The highest BCUT2D eigenvalue weighted by molar-refractivity contribution is 6.00. The van der Waals surface area contributed by atoms with Crippen LogP contribution in [0.15, 0.2) is 91.3 Å². The van der Waals surface area contributed by atoms with Gasteiger partial charge in [-0.05, 0) is 58.7 Å². The van der Waals surface area contributed by atoms with Crippen LogP contribution in [0.2, 0.25) is 0 Å². The van der Waals surface area contributed by atoms with Crippen LogP contribution >= 0.6 is 0 Å². The van der Waals surface area contributed by atoms with E-state index in [-0.39, 0.29) is 5.78 Å². The van der Waals surface area contributed by atoms with E-state index in [0.29, 0.717) is 13.0 Å². The fourth-order valence-corrected chi connectivity index (χ4v) is 3.30. The average molecular weight is 366 g/mol. The summed E-state index contributed by atoms with van der Waals surface area (Å²) in [6, 6.07) is 26.4. The third kappa shape index (κ3) is 4.44. The maximum Gasteiger partial charge on any atom is 0.164 e. The molecule has 0 fully saturated rings. The standard InChI is InChI=1S/C25H22N2O/c28-25(23-8-7-21-3-1-2-4-22(21)18-23)13-16-27-24-9-5-19(6-10-24)17-20-11-14-26-15-12-20/h1-12,14-15,18,27H,13,16-17H2. The molecule has 0 unspecified atom stereocenters. The minimum absolute atomic E-state index is 0.160. The number of rotatable bonds is 7. The molecule has 0 aliphatic carbocycles. The molecule has 0 aliphatic heterocycles. The highest BCUT2D eigenvalue weighted by Crippen LogP contribution is 2.17. The maximum atomic E-state index is 12.5. The number of benzene rings is 3. The summed E-state index contributed by atoms with van der Waals surface area (Å²) < 4.78 is 0. The molecule has 0 atom stereocenters. The van der Waals surface area contributed by atoms with Crippen molar-refractivity contribution >= 4 is 22.2 Å². The molecular formula is C25H22N2O. The largest absolute Gasteiger partial charge is 0.385 e. The van der Waals surface area contributed by atoms with E-state index in [0.717, 1.165) is 28.4 Å². The number of nitrogens with zero attached hydrogens (tertiary/aromatic N) is 1. The molecule has 4 rings (SSSR count). The van der Waals surface area contributed by atoms with Crippen molar-refractivity contribution in [3.63, 3.8) is 0 Å². The van der Waals surface area contributed by atoms with Crippen molar-refractivity contribution in [2.24, 2.45) is 0 Å². The molecule has 3 heteroatoms. The molecule has 0 radical (unpaired) electrons. The van der Waals surface area contributed by atoms with Gasteiger partial charge in [0.25, 0.3) is 0 Å². The van der Waals surface area contributed by atoms with Crippen molar-refractivity contribution in [3.05, 3.63) is 108 Å². The van der Waals surface area contributed by atoms with Gasteiger partial charge in [-0.3, -0.25) is 9.78 Å². The van der Waals surface area contributed by atoms with Crippen molar-refractivity contribution in [1.82, 2.24) is 4.98 Å². The van der Waals surface area contributed by atoms with Crippen molar-refractivity contribution in [3.8, 4) is 0 Å². The third-order valence-electron chi connectivity index (χ3n) is 4.86. The highest BCUT2D eigenvalue weighted by atomic mass is 16.1. The van der Waals surface area contributed by atoms with Crippen LogP contribution in [-0.2, 0) is 6.42 Å². The predicted octanol–water partition coefficient (Wildman–Crippen LogP) is 5.51. The first-order valence-electron chi connectivity index (χ1n) is 9.52. The zero-order valence-electron chi connectivity index (χ0n) is 15.6. The number of hydrogen-bond donors (Lipinski definition) is 1. The average Bonchev–Trinajstić information content (AvgIpc) is 2.75. The molecule has 1 N–H and O–H groups in total. The quantitative estimate of drug-likeness (QED) is 0.439. The lowest BCUT2D eigenvalue weighted by atomic mass is 10.0. The Balaban J connectivity index is 1.31. The van der Waals surface area contributed by atoms with Crippen LogP contribution in [-0.4, -0.2) is 17.3 Å². The maximum absolute atomic E-state index is 12.5. The van der Waals surface area contributed by atoms with Gasteiger partial charge in [-0.2, -0.15) is 0 Å². The molecular weight excluding hydrogens is 344 g/mol. The third-order valence-corrected chi connectivity index (χ3v) is 4.86. The minimum Gasteiger partial charge on any atom is -0.385 e. The van der Waals surface area contributed by atoms with E-state index >= 15 is 0 Å².